The molecule has 28 heavy (non-hydrogen) atoms. The van der Waals surface area contributed by atoms with E-state index >= 15 is 0 Å². The molecule has 0 saturated carbocycles. The highest BCUT2D eigenvalue weighted by Gasteiger charge is 2.17. The van der Waals surface area contributed by atoms with Crippen LogP contribution < -0.4 is 14.8 Å². The van der Waals surface area contributed by atoms with Crippen LogP contribution in [0.15, 0.2) is 42.7 Å². The third-order valence-corrected chi connectivity index (χ3v) is 5.14. The number of imidazole rings is 1. The lowest BCUT2D eigenvalue weighted by Crippen LogP contribution is -2.16. The summed E-state index contributed by atoms with van der Waals surface area (Å²) < 4.78 is 19.2. The molecular weight excluding hydrogens is 354 g/mol. The number of methoxy groups -OCH3 is 1. The van der Waals surface area contributed by atoms with Gasteiger partial charge in [0.1, 0.15) is 6.61 Å². The van der Waals surface area contributed by atoms with Crippen LogP contribution in [0.1, 0.15) is 25.3 Å². The van der Waals surface area contributed by atoms with Crippen molar-refractivity contribution in [1.82, 2.24) is 9.55 Å². The Balaban J connectivity index is 1.43. The van der Waals surface area contributed by atoms with Crippen molar-refractivity contribution in [1.29, 1.82) is 0 Å². The summed E-state index contributed by atoms with van der Waals surface area (Å²) in [5.74, 6) is 1.50. The molecule has 1 unspecified atom stereocenters. The molecule has 1 aromatic heterocycles. The second-order valence-corrected chi connectivity index (χ2v) is 7.02. The van der Waals surface area contributed by atoms with Crippen molar-refractivity contribution in [3.63, 3.8) is 0 Å². The highest BCUT2D eigenvalue weighted by molar-refractivity contribution is 5.79. The molecule has 0 radical (unpaired) electrons. The molecule has 1 aliphatic rings. The van der Waals surface area contributed by atoms with Gasteiger partial charge in [-0.05, 0) is 55.7 Å². The smallest absolute Gasteiger partial charge is 0.161 e. The van der Waals surface area contributed by atoms with E-state index < -0.39 is 0 Å². The Bertz CT molecular complexity index is 932. The van der Waals surface area contributed by atoms with Gasteiger partial charge in [0, 0.05) is 25.4 Å². The van der Waals surface area contributed by atoms with Gasteiger partial charge in [-0.15, -0.1) is 0 Å². The van der Waals surface area contributed by atoms with E-state index in [9.17, 15) is 0 Å². The number of aryl methyl sites for hydroxylation is 1. The zero-order chi connectivity index (χ0) is 19.3. The van der Waals surface area contributed by atoms with Crippen molar-refractivity contribution in [2.75, 3.05) is 25.6 Å². The zero-order valence-electron chi connectivity index (χ0n) is 16.5. The summed E-state index contributed by atoms with van der Waals surface area (Å²) in [6, 6.07) is 12.3. The molecule has 0 spiro atoms. The number of anilines is 1. The Morgan fingerprint density at radius 2 is 2.14 bits per heavy atom. The van der Waals surface area contributed by atoms with Crippen molar-refractivity contribution < 1.29 is 14.2 Å². The topological polar surface area (TPSA) is 57.5 Å². The van der Waals surface area contributed by atoms with Crippen molar-refractivity contribution in [2.24, 2.45) is 0 Å². The number of hydrogen-bond acceptors (Lipinski definition) is 5. The minimum atomic E-state index is 0.182. The van der Waals surface area contributed by atoms with Gasteiger partial charge in [-0.3, -0.25) is 0 Å². The molecule has 6 heteroatoms. The van der Waals surface area contributed by atoms with Gasteiger partial charge in [0.05, 0.1) is 30.6 Å². The van der Waals surface area contributed by atoms with Gasteiger partial charge in [-0.1, -0.05) is 6.07 Å². The Kier molecular flexibility index (Phi) is 5.67. The molecule has 1 saturated heterocycles. The molecule has 0 bridgehead atoms. The standard InChI is InChI=1S/C22H27N3O3/c1-3-25-15-24-19-12-17(7-8-20(19)25)23-13-16-6-9-21(26-2)22(11-16)28-14-18-5-4-10-27-18/h6-9,11-12,15,18,23H,3-5,10,13-14H2,1-2H3. The third-order valence-electron chi connectivity index (χ3n) is 5.14. The van der Waals surface area contributed by atoms with Gasteiger partial charge in [0.15, 0.2) is 11.5 Å². The number of fused-ring (bicyclic) bond motifs is 1. The minimum Gasteiger partial charge on any atom is -0.493 e. The summed E-state index contributed by atoms with van der Waals surface area (Å²) in [6.07, 6.45) is 4.23. The SMILES string of the molecule is CCn1cnc2cc(NCc3ccc(OC)c(OCC4CCCO4)c3)ccc21. The lowest BCUT2D eigenvalue weighted by atomic mass is 10.2. The van der Waals surface area contributed by atoms with Gasteiger partial charge in [-0.25, -0.2) is 4.98 Å². The second kappa shape index (κ2) is 8.52. The predicted octanol–water partition coefficient (Wildman–Crippen LogP) is 4.23. The second-order valence-electron chi connectivity index (χ2n) is 7.02. The summed E-state index contributed by atoms with van der Waals surface area (Å²) in [5.41, 5.74) is 4.33. The fourth-order valence-electron chi connectivity index (χ4n) is 3.53. The number of nitrogens with one attached hydrogen (secondary N) is 1. The maximum absolute atomic E-state index is 5.99. The Morgan fingerprint density at radius 3 is 2.93 bits per heavy atom. The zero-order valence-corrected chi connectivity index (χ0v) is 16.5. The van der Waals surface area contributed by atoms with Crippen molar-refractivity contribution >= 4 is 16.7 Å². The quantitative estimate of drug-likeness (QED) is 0.633. The average molecular weight is 381 g/mol. The Morgan fingerprint density at radius 1 is 1.21 bits per heavy atom. The van der Waals surface area contributed by atoms with Crippen LogP contribution in [0.4, 0.5) is 5.69 Å². The molecule has 2 heterocycles. The molecule has 0 aliphatic carbocycles. The summed E-state index contributed by atoms with van der Waals surface area (Å²) in [5, 5.41) is 3.47. The monoisotopic (exact) mass is 381 g/mol. The average Bonchev–Trinajstić information content (AvgIpc) is 3.39. The number of aromatic nitrogens is 2. The van der Waals surface area contributed by atoms with E-state index in [2.05, 4.69) is 46.1 Å². The maximum Gasteiger partial charge on any atom is 0.161 e. The number of rotatable bonds is 8. The molecule has 0 amide bonds. The molecule has 148 valence electrons. The predicted molar refractivity (Wildman–Crippen MR) is 110 cm³/mol. The number of benzene rings is 2. The normalized spacial score (nSPS) is 16.4. The number of hydrogen-bond donors (Lipinski definition) is 1. The first-order valence-electron chi connectivity index (χ1n) is 9.87. The van der Waals surface area contributed by atoms with Gasteiger partial charge in [0.2, 0.25) is 0 Å². The van der Waals surface area contributed by atoms with Gasteiger partial charge in [0.25, 0.3) is 0 Å². The number of ether oxygens (including phenoxy) is 3. The van der Waals surface area contributed by atoms with E-state index in [0.717, 1.165) is 59.8 Å². The number of nitrogens with zero attached hydrogens (tertiary/aromatic N) is 2. The van der Waals surface area contributed by atoms with Crippen molar-refractivity contribution in [3.05, 3.63) is 48.3 Å². The van der Waals surface area contributed by atoms with Crippen molar-refractivity contribution in [3.8, 4) is 11.5 Å². The van der Waals surface area contributed by atoms with Crippen LogP contribution in [-0.4, -0.2) is 36.0 Å². The summed E-state index contributed by atoms with van der Waals surface area (Å²) in [4.78, 5) is 4.48. The lowest BCUT2D eigenvalue weighted by molar-refractivity contribution is 0.0669. The van der Waals surface area contributed by atoms with E-state index in [1.165, 1.54) is 0 Å². The Labute approximate surface area is 165 Å². The molecule has 4 rings (SSSR count). The van der Waals surface area contributed by atoms with E-state index in [1.807, 2.05) is 18.5 Å². The fourth-order valence-corrected chi connectivity index (χ4v) is 3.53. The van der Waals surface area contributed by atoms with Crippen LogP contribution in [0, 0.1) is 0 Å². The van der Waals surface area contributed by atoms with Crippen LogP contribution in [-0.2, 0) is 17.8 Å². The molecular formula is C22H27N3O3. The minimum absolute atomic E-state index is 0.182. The van der Waals surface area contributed by atoms with E-state index in [-0.39, 0.29) is 6.10 Å². The summed E-state index contributed by atoms with van der Waals surface area (Å²) >= 11 is 0. The summed E-state index contributed by atoms with van der Waals surface area (Å²) in [6.45, 7) is 5.12. The molecule has 1 atom stereocenters. The van der Waals surface area contributed by atoms with Crippen molar-refractivity contribution in [2.45, 2.75) is 39.0 Å². The highest BCUT2D eigenvalue weighted by atomic mass is 16.5. The lowest BCUT2D eigenvalue weighted by Gasteiger charge is -2.15. The first kappa shape index (κ1) is 18.6. The van der Waals surface area contributed by atoms with E-state index in [0.29, 0.717) is 13.2 Å². The largest absolute Gasteiger partial charge is 0.493 e. The van der Waals surface area contributed by atoms with Gasteiger partial charge in [-0.2, -0.15) is 0 Å². The summed E-state index contributed by atoms with van der Waals surface area (Å²) in [7, 11) is 1.66. The van der Waals surface area contributed by atoms with Gasteiger partial charge < -0.3 is 24.1 Å². The first-order chi connectivity index (χ1) is 13.8. The fraction of sp³-hybridized carbons (Fsp3) is 0.409. The van der Waals surface area contributed by atoms with Crippen LogP contribution in [0.3, 0.4) is 0 Å². The molecule has 1 N–H and O–H groups in total. The molecule has 1 aliphatic heterocycles. The Hall–Kier alpha value is -2.73. The highest BCUT2D eigenvalue weighted by Crippen LogP contribution is 2.29. The first-order valence-corrected chi connectivity index (χ1v) is 9.87. The molecule has 3 aromatic rings. The maximum atomic E-state index is 5.99. The van der Waals surface area contributed by atoms with Crippen LogP contribution in [0.2, 0.25) is 0 Å². The van der Waals surface area contributed by atoms with E-state index in [1.54, 1.807) is 7.11 Å². The molecule has 6 nitrogen and oxygen atoms in total. The van der Waals surface area contributed by atoms with Crippen LogP contribution >= 0.6 is 0 Å². The van der Waals surface area contributed by atoms with Gasteiger partial charge >= 0.3 is 0 Å². The third kappa shape index (κ3) is 4.07. The van der Waals surface area contributed by atoms with E-state index in [4.69, 9.17) is 14.2 Å². The van der Waals surface area contributed by atoms with Crippen LogP contribution in [0.25, 0.3) is 11.0 Å². The molecule has 2 aromatic carbocycles. The van der Waals surface area contributed by atoms with Crippen LogP contribution in [0.5, 0.6) is 11.5 Å². The molecule has 1 fully saturated rings.